The summed E-state index contributed by atoms with van der Waals surface area (Å²) < 4.78 is 7.24. The van der Waals surface area contributed by atoms with Crippen molar-refractivity contribution in [1.29, 1.82) is 0 Å². The number of hydrogen-bond donors (Lipinski definition) is 1. The molecule has 0 atom stereocenters. The number of hydrogen-bond acceptors (Lipinski definition) is 4. The lowest BCUT2D eigenvalue weighted by Crippen LogP contribution is -1.95. The number of rotatable bonds is 2. The highest BCUT2D eigenvalue weighted by molar-refractivity contribution is 7.16. The second-order valence-electron chi connectivity index (χ2n) is 4.10. The van der Waals surface area contributed by atoms with E-state index in [-0.39, 0.29) is 0 Å². The van der Waals surface area contributed by atoms with Crippen LogP contribution in [0, 0.1) is 6.92 Å². The highest BCUT2D eigenvalue weighted by atomic mass is 32.1. The predicted molar refractivity (Wildman–Crippen MR) is 74.2 cm³/mol. The summed E-state index contributed by atoms with van der Waals surface area (Å²) in [6.07, 6.45) is 1.79. The molecule has 1 aromatic carbocycles. The van der Waals surface area contributed by atoms with Crippen LogP contribution in [0.4, 0.5) is 5.95 Å². The molecule has 0 unspecified atom stereocenters. The lowest BCUT2D eigenvalue weighted by molar-refractivity contribution is 0.412. The van der Waals surface area contributed by atoms with Gasteiger partial charge in [0.2, 0.25) is 5.95 Å². The first kappa shape index (κ1) is 11.1. The van der Waals surface area contributed by atoms with Gasteiger partial charge in [-0.1, -0.05) is 0 Å². The molecule has 0 amide bonds. The molecule has 0 bridgehead atoms. The van der Waals surface area contributed by atoms with Crippen molar-refractivity contribution in [2.45, 2.75) is 6.92 Å². The number of methoxy groups -OCH3 is 1. The highest BCUT2D eigenvalue weighted by Gasteiger charge is 2.10. The highest BCUT2D eigenvalue weighted by Crippen LogP contribution is 2.31. The Bertz CT molecular complexity index is 714. The minimum atomic E-state index is 0.523. The second-order valence-corrected chi connectivity index (χ2v) is 4.99. The Hall–Kier alpha value is -2.01. The van der Waals surface area contributed by atoms with Gasteiger partial charge in [-0.25, -0.2) is 4.98 Å². The molecule has 4 nitrogen and oxygen atoms in total. The van der Waals surface area contributed by atoms with E-state index in [4.69, 9.17) is 10.5 Å². The number of fused-ring (bicyclic) bond motifs is 1. The fraction of sp³-hybridized carbons (Fsp3) is 0.154. The first-order chi connectivity index (χ1) is 8.70. The van der Waals surface area contributed by atoms with Gasteiger partial charge in [-0.2, -0.15) is 0 Å². The third-order valence-electron chi connectivity index (χ3n) is 2.98. The summed E-state index contributed by atoms with van der Waals surface area (Å²) in [5.41, 5.74) is 9.17. The number of imidazole rings is 1. The molecule has 5 heteroatoms. The number of nitrogens with zero attached hydrogens (tertiary/aromatic N) is 2. The van der Waals surface area contributed by atoms with E-state index in [0.717, 1.165) is 27.4 Å². The fourth-order valence-electron chi connectivity index (χ4n) is 2.08. The summed E-state index contributed by atoms with van der Waals surface area (Å²) in [6, 6.07) is 6.10. The molecule has 0 aliphatic rings. The summed E-state index contributed by atoms with van der Waals surface area (Å²) >= 11 is 1.63. The maximum Gasteiger partial charge on any atom is 0.206 e. The van der Waals surface area contributed by atoms with Gasteiger partial charge in [-0.05, 0) is 36.2 Å². The second kappa shape index (κ2) is 4.03. The predicted octanol–water partition coefficient (Wildman–Crippen LogP) is 2.96. The van der Waals surface area contributed by atoms with Crippen molar-refractivity contribution in [2.24, 2.45) is 0 Å². The molecule has 0 aliphatic carbocycles. The molecule has 92 valence electrons. The van der Waals surface area contributed by atoms with Gasteiger partial charge in [0.1, 0.15) is 10.6 Å². The average Bonchev–Trinajstić information content (AvgIpc) is 2.93. The quantitative estimate of drug-likeness (QED) is 0.769. The van der Waals surface area contributed by atoms with Crippen LogP contribution in [0.3, 0.4) is 0 Å². The molecule has 0 spiro atoms. The van der Waals surface area contributed by atoms with Crippen LogP contribution >= 0.6 is 11.3 Å². The van der Waals surface area contributed by atoms with Gasteiger partial charge in [0.15, 0.2) is 0 Å². The van der Waals surface area contributed by atoms with E-state index in [9.17, 15) is 0 Å². The number of aryl methyl sites for hydroxylation is 1. The van der Waals surface area contributed by atoms with E-state index in [1.807, 2.05) is 23.5 Å². The molecular formula is C13H13N3OS. The lowest BCUT2D eigenvalue weighted by Gasteiger charge is -2.07. The van der Waals surface area contributed by atoms with Crippen molar-refractivity contribution < 1.29 is 4.74 Å². The Kier molecular flexibility index (Phi) is 2.48. The zero-order chi connectivity index (χ0) is 12.7. The summed E-state index contributed by atoms with van der Waals surface area (Å²) in [5, 5.41) is 2.09. The third kappa shape index (κ3) is 1.55. The van der Waals surface area contributed by atoms with Crippen molar-refractivity contribution >= 4 is 22.1 Å². The lowest BCUT2D eigenvalue weighted by atomic mass is 10.1. The standard InChI is InChI=1S/C13H13N3OS/c1-8-5-9(3-4-11(8)17-2)10-7-18-12-6-15-13(14)16(10)12/h3-7H,1-2H3,(H2,14,15). The van der Waals surface area contributed by atoms with Gasteiger partial charge >= 0.3 is 0 Å². The maximum absolute atomic E-state index is 5.89. The number of nitrogens with two attached hydrogens (primary N) is 1. The molecule has 2 aromatic heterocycles. The molecule has 0 radical (unpaired) electrons. The van der Waals surface area contributed by atoms with E-state index in [2.05, 4.69) is 16.4 Å². The molecule has 0 saturated heterocycles. The van der Waals surface area contributed by atoms with E-state index >= 15 is 0 Å². The Morgan fingerprint density at radius 3 is 2.94 bits per heavy atom. The first-order valence-electron chi connectivity index (χ1n) is 5.56. The van der Waals surface area contributed by atoms with Crippen LogP contribution < -0.4 is 10.5 Å². The van der Waals surface area contributed by atoms with E-state index in [0.29, 0.717) is 5.95 Å². The number of benzene rings is 1. The van der Waals surface area contributed by atoms with Crippen molar-refractivity contribution in [3.8, 4) is 17.0 Å². The molecule has 0 aliphatic heterocycles. The minimum Gasteiger partial charge on any atom is -0.496 e. The Balaban J connectivity index is 2.20. The van der Waals surface area contributed by atoms with E-state index in [1.54, 1.807) is 24.6 Å². The van der Waals surface area contributed by atoms with Crippen molar-refractivity contribution in [3.05, 3.63) is 35.3 Å². The minimum absolute atomic E-state index is 0.523. The van der Waals surface area contributed by atoms with Crippen LogP contribution in [0.15, 0.2) is 29.8 Å². The SMILES string of the molecule is COc1ccc(-c2csc3cnc(N)n23)cc1C. The number of anilines is 1. The van der Waals surface area contributed by atoms with E-state index < -0.39 is 0 Å². The summed E-state index contributed by atoms with van der Waals surface area (Å²) in [5.74, 6) is 1.42. The molecular weight excluding hydrogens is 246 g/mol. The van der Waals surface area contributed by atoms with Gasteiger partial charge in [-0.15, -0.1) is 11.3 Å². The van der Waals surface area contributed by atoms with Crippen molar-refractivity contribution in [2.75, 3.05) is 12.8 Å². The van der Waals surface area contributed by atoms with Crippen LogP contribution in [0.1, 0.15) is 5.56 Å². The largest absolute Gasteiger partial charge is 0.496 e. The summed E-state index contributed by atoms with van der Waals surface area (Å²) in [4.78, 5) is 5.18. The van der Waals surface area contributed by atoms with Crippen molar-refractivity contribution in [3.63, 3.8) is 0 Å². The Labute approximate surface area is 109 Å². The summed E-state index contributed by atoms with van der Waals surface area (Å²) in [6.45, 7) is 2.03. The van der Waals surface area contributed by atoms with Gasteiger partial charge in [0, 0.05) is 5.38 Å². The number of thiazole rings is 1. The zero-order valence-electron chi connectivity index (χ0n) is 10.2. The van der Waals surface area contributed by atoms with Crippen LogP contribution in [0.2, 0.25) is 0 Å². The monoisotopic (exact) mass is 259 g/mol. The zero-order valence-corrected chi connectivity index (χ0v) is 11.0. The number of aromatic nitrogens is 2. The van der Waals surface area contributed by atoms with Crippen LogP contribution in [-0.2, 0) is 0 Å². The van der Waals surface area contributed by atoms with Crippen LogP contribution in [0.5, 0.6) is 5.75 Å². The molecule has 2 heterocycles. The normalized spacial score (nSPS) is 11.0. The van der Waals surface area contributed by atoms with E-state index in [1.165, 1.54) is 0 Å². The number of ether oxygens (including phenoxy) is 1. The van der Waals surface area contributed by atoms with Gasteiger partial charge in [-0.3, -0.25) is 4.40 Å². The van der Waals surface area contributed by atoms with Gasteiger partial charge in [0.05, 0.1) is 19.0 Å². The number of nitrogen functional groups attached to an aromatic ring is 1. The molecule has 18 heavy (non-hydrogen) atoms. The topological polar surface area (TPSA) is 52.5 Å². The van der Waals surface area contributed by atoms with Gasteiger partial charge < -0.3 is 10.5 Å². The van der Waals surface area contributed by atoms with Gasteiger partial charge in [0.25, 0.3) is 0 Å². The van der Waals surface area contributed by atoms with Crippen LogP contribution in [0.25, 0.3) is 16.1 Å². The molecule has 3 aromatic rings. The summed E-state index contributed by atoms with van der Waals surface area (Å²) in [7, 11) is 1.68. The molecule has 0 fully saturated rings. The molecule has 2 N–H and O–H groups in total. The Morgan fingerprint density at radius 1 is 1.39 bits per heavy atom. The first-order valence-corrected chi connectivity index (χ1v) is 6.44. The fourth-order valence-corrected chi connectivity index (χ4v) is 2.96. The molecule has 0 saturated carbocycles. The van der Waals surface area contributed by atoms with Crippen LogP contribution in [-0.4, -0.2) is 16.5 Å². The average molecular weight is 259 g/mol. The van der Waals surface area contributed by atoms with Crippen molar-refractivity contribution in [1.82, 2.24) is 9.38 Å². The molecule has 3 rings (SSSR count). The maximum atomic E-state index is 5.89. The third-order valence-corrected chi connectivity index (χ3v) is 3.85. The Morgan fingerprint density at radius 2 is 2.22 bits per heavy atom. The smallest absolute Gasteiger partial charge is 0.206 e.